The van der Waals surface area contributed by atoms with Crippen LogP contribution in [0.25, 0.3) is 0 Å². The van der Waals surface area contributed by atoms with Crippen molar-refractivity contribution in [3.8, 4) is 5.75 Å². The van der Waals surface area contributed by atoms with E-state index in [0.717, 1.165) is 36.0 Å². The molecule has 0 unspecified atom stereocenters. The molecular weight excluding hydrogens is 296 g/mol. The molecule has 0 saturated carbocycles. The summed E-state index contributed by atoms with van der Waals surface area (Å²) in [5, 5.41) is 0. The molecule has 1 saturated heterocycles. The molecule has 1 aliphatic heterocycles. The lowest BCUT2D eigenvalue weighted by Crippen LogP contribution is -2.32. The van der Waals surface area contributed by atoms with Crippen LogP contribution in [0.15, 0.2) is 22.7 Å². The predicted octanol–water partition coefficient (Wildman–Crippen LogP) is 1.91. The lowest BCUT2D eigenvalue weighted by atomic mass is 10.2. The van der Waals surface area contributed by atoms with Crippen LogP contribution in [0.3, 0.4) is 0 Å². The number of para-hydroxylation sites is 1. The van der Waals surface area contributed by atoms with Gasteiger partial charge in [0.05, 0.1) is 4.47 Å². The van der Waals surface area contributed by atoms with Crippen LogP contribution in [0.2, 0.25) is 0 Å². The van der Waals surface area contributed by atoms with E-state index in [1.54, 1.807) is 0 Å². The number of hydrogen-bond donors (Lipinski definition) is 1. The van der Waals surface area contributed by atoms with Crippen molar-refractivity contribution in [1.29, 1.82) is 0 Å². The molecular formula is C13H17BrN2O2. The van der Waals surface area contributed by atoms with E-state index in [2.05, 4.69) is 15.9 Å². The van der Waals surface area contributed by atoms with Crippen LogP contribution in [-0.2, 0) is 11.3 Å². The Morgan fingerprint density at radius 2 is 2.11 bits per heavy atom. The smallest absolute Gasteiger partial charge is 0.260 e. The van der Waals surface area contributed by atoms with Crippen LogP contribution in [0.4, 0.5) is 0 Å². The maximum absolute atomic E-state index is 11.9. The third-order valence-corrected chi connectivity index (χ3v) is 3.69. The van der Waals surface area contributed by atoms with Gasteiger partial charge in [-0.1, -0.05) is 12.1 Å². The lowest BCUT2D eigenvalue weighted by Gasteiger charge is -2.17. The minimum atomic E-state index is 0.0474. The molecule has 2 rings (SSSR count). The number of nitrogens with zero attached hydrogens (tertiary/aromatic N) is 1. The zero-order chi connectivity index (χ0) is 13.0. The first-order valence-electron chi connectivity index (χ1n) is 6.10. The number of nitrogens with two attached hydrogens (primary N) is 1. The molecule has 1 aliphatic rings. The summed E-state index contributed by atoms with van der Waals surface area (Å²) in [4.78, 5) is 13.7. The molecule has 1 heterocycles. The molecule has 0 radical (unpaired) electrons. The largest absolute Gasteiger partial charge is 0.482 e. The number of likely N-dealkylation sites (tertiary alicyclic amines) is 1. The van der Waals surface area contributed by atoms with Gasteiger partial charge in [0.1, 0.15) is 5.75 Å². The molecule has 0 aromatic heterocycles. The van der Waals surface area contributed by atoms with Crippen molar-refractivity contribution >= 4 is 21.8 Å². The lowest BCUT2D eigenvalue weighted by molar-refractivity contribution is -0.132. The summed E-state index contributed by atoms with van der Waals surface area (Å²) in [7, 11) is 0. The van der Waals surface area contributed by atoms with Crippen molar-refractivity contribution in [2.75, 3.05) is 19.7 Å². The molecule has 0 atom stereocenters. The Morgan fingerprint density at radius 1 is 1.39 bits per heavy atom. The van der Waals surface area contributed by atoms with Gasteiger partial charge in [-0.05, 0) is 34.8 Å². The molecule has 4 nitrogen and oxygen atoms in total. The summed E-state index contributed by atoms with van der Waals surface area (Å²) in [6.45, 7) is 2.17. The van der Waals surface area contributed by atoms with E-state index in [4.69, 9.17) is 10.5 Å². The molecule has 1 aromatic carbocycles. The van der Waals surface area contributed by atoms with Gasteiger partial charge in [-0.15, -0.1) is 0 Å². The van der Waals surface area contributed by atoms with Crippen molar-refractivity contribution in [2.45, 2.75) is 19.4 Å². The molecule has 0 aliphatic carbocycles. The summed E-state index contributed by atoms with van der Waals surface area (Å²) in [5.74, 6) is 0.721. The van der Waals surface area contributed by atoms with Gasteiger partial charge in [0.2, 0.25) is 0 Å². The second kappa shape index (κ2) is 6.20. The highest BCUT2D eigenvalue weighted by Crippen LogP contribution is 2.28. The fraction of sp³-hybridized carbons (Fsp3) is 0.462. The van der Waals surface area contributed by atoms with Gasteiger partial charge in [0.25, 0.3) is 5.91 Å². The molecule has 1 amide bonds. The molecule has 5 heteroatoms. The Kier molecular flexibility index (Phi) is 4.60. The Labute approximate surface area is 115 Å². The maximum Gasteiger partial charge on any atom is 0.260 e. The van der Waals surface area contributed by atoms with Gasteiger partial charge in [-0.25, -0.2) is 0 Å². The number of benzene rings is 1. The maximum atomic E-state index is 11.9. The quantitative estimate of drug-likeness (QED) is 0.924. The Bertz CT molecular complexity index is 431. The number of carbonyl (C=O) groups excluding carboxylic acids is 1. The third-order valence-electron chi connectivity index (χ3n) is 3.07. The molecule has 1 aromatic rings. The van der Waals surface area contributed by atoms with Gasteiger partial charge >= 0.3 is 0 Å². The van der Waals surface area contributed by atoms with Crippen LogP contribution in [0, 0.1) is 0 Å². The van der Waals surface area contributed by atoms with Crippen LogP contribution >= 0.6 is 15.9 Å². The number of rotatable bonds is 4. The topological polar surface area (TPSA) is 55.6 Å². The Morgan fingerprint density at radius 3 is 2.78 bits per heavy atom. The second-order valence-electron chi connectivity index (χ2n) is 4.31. The average molecular weight is 313 g/mol. The van der Waals surface area contributed by atoms with Crippen molar-refractivity contribution in [3.63, 3.8) is 0 Å². The van der Waals surface area contributed by atoms with Crippen LogP contribution < -0.4 is 10.5 Å². The second-order valence-corrected chi connectivity index (χ2v) is 5.16. The average Bonchev–Trinajstić information content (AvgIpc) is 2.90. The molecule has 0 spiro atoms. The SMILES string of the molecule is NCc1cccc(Br)c1OCC(=O)N1CCCC1. The standard InChI is InChI=1S/C13H17BrN2O2/c14-11-5-3-4-10(8-15)13(11)18-9-12(17)16-6-1-2-7-16/h3-5H,1-2,6-9,15H2. The minimum absolute atomic E-state index is 0.0474. The summed E-state index contributed by atoms with van der Waals surface area (Å²) < 4.78 is 6.45. The zero-order valence-corrected chi connectivity index (χ0v) is 11.8. The fourth-order valence-corrected chi connectivity index (χ4v) is 2.59. The number of ether oxygens (including phenoxy) is 1. The summed E-state index contributed by atoms with van der Waals surface area (Å²) in [6.07, 6.45) is 2.18. The van der Waals surface area contributed by atoms with Crippen LogP contribution in [0.5, 0.6) is 5.75 Å². The van der Waals surface area contributed by atoms with Gasteiger partial charge in [-0.3, -0.25) is 4.79 Å². The summed E-state index contributed by atoms with van der Waals surface area (Å²) >= 11 is 3.42. The molecule has 18 heavy (non-hydrogen) atoms. The van der Waals surface area contributed by atoms with Crippen LogP contribution in [-0.4, -0.2) is 30.5 Å². The Hall–Kier alpha value is -1.07. The fourth-order valence-electron chi connectivity index (χ4n) is 2.07. The first-order chi connectivity index (χ1) is 8.72. The van der Waals surface area contributed by atoms with E-state index in [9.17, 15) is 4.79 Å². The van der Waals surface area contributed by atoms with Gasteiger partial charge < -0.3 is 15.4 Å². The van der Waals surface area contributed by atoms with Crippen molar-refractivity contribution < 1.29 is 9.53 Å². The molecule has 1 fully saturated rings. The van der Waals surface area contributed by atoms with Crippen LogP contribution in [0.1, 0.15) is 18.4 Å². The van der Waals surface area contributed by atoms with E-state index in [-0.39, 0.29) is 12.5 Å². The first-order valence-corrected chi connectivity index (χ1v) is 6.89. The highest BCUT2D eigenvalue weighted by Gasteiger charge is 2.19. The first kappa shape index (κ1) is 13.4. The van der Waals surface area contributed by atoms with Gasteiger partial charge in [0.15, 0.2) is 6.61 Å². The number of hydrogen-bond acceptors (Lipinski definition) is 3. The van der Waals surface area contributed by atoms with Crippen molar-refractivity contribution in [2.24, 2.45) is 5.73 Å². The monoisotopic (exact) mass is 312 g/mol. The summed E-state index contributed by atoms with van der Waals surface area (Å²) in [6, 6.07) is 5.69. The molecule has 98 valence electrons. The van der Waals surface area contributed by atoms with E-state index in [1.807, 2.05) is 23.1 Å². The van der Waals surface area contributed by atoms with E-state index in [0.29, 0.717) is 12.3 Å². The number of carbonyl (C=O) groups is 1. The highest BCUT2D eigenvalue weighted by atomic mass is 79.9. The normalized spacial score (nSPS) is 14.9. The predicted molar refractivity (Wildman–Crippen MR) is 73.3 cm³/mol. The van der Waals surface area contributed by atoms with Gasteiger partial charge in [-0.2, -0.15) is 0 Å². The van der Waals surface area contributed by atoms with E-state index < -0.39 is 0 Å². The molecule has 2 N–H and O–H groups in total. The third kappa shape index (κ3) is 3.03. The Balaban J connectivity index is 1.99. The summed E-state index contributed by atoms with van der Waals surface area (Å²) in [5.41, 5.74) is 6.55. The zero-order valence-electron chi connectivity index (χ0n) is 10.2. The van der Waals surface area contributed by atoms with Gasteiger partial charge in [0, 0.05) is 25.2 Å². The number of halogens is 1. The molecule has 0 bridgehead atoms. The van der Waals surface area contributed by atoms with E-state index >= 15 is 0 Å². The van der Waals surface area contributed by atoms with Crippen molar-refractivity contribution in [1.82, 2.24) is 4.90 Å². The highest BCUT2D eigenvalue weighted by molar-refractivity contribution is 9.10. The number of amides is 1. The van der Waals surface area contributed by atoms with Crippen molar-refractivity contribution in [3.05, 3.63) is 28.2 Å². The van der Waals surface area contributed by atoms with E-state index in [1.165, 1.54) is 0 Å². The minimum Gasteiger partial charge on any atom is -0.482 e.